The van der Waals surface area contributed by atoms with Gasteiger partial charge in [0.1, 0.15) is 0 Å². The van der Waals surface area contributed by atoms with Crippen molar-refractivity contribution < 1.29 is 0 Å². The van der Waals surface area contributed by atoms with E-state index in [9.17, 15) is 0 Å². The predicted octanol–water partition coefficient (Wildman–Crippen LogP) is 11.1. The third-order valence-electron chi connectivity index (χ3n) is 8.75. The summed E-state index contributed by atoms with van der Waals surface area (Å²) in [4.78, 5) is 0. The third-order valence-corrected chi connectivity index (χ3v) is 8.75. The van der Waals surface area contributed by atoms with Crippen LogP contribution in [0, 0.1) is 13.8 Å². The fourth-order valence-corrected chi connectivity index (χ4v) is 6.47. The van der Waals surface area contributed by atoms with Crippen LogP contribution >= 0.6 is 0 Å². The minimum absolute atomic E-state index is 0.900. The standard InChI is InChI=1S/C42H34/c1-29-12-3-5-14-33(29)28-41-34(17-11-21-40(41)37-18-8-4-13-30(37)2)26-31-22-24-32(25-23-31)42-38-19-9-6-15-35(38)27-36-16-7-10-20-39(36)42/h3-25,27H,26,28H2,1-2H3. The van der Waals surface area contributed by atoms with E-state index < -0.39 is 0 Å². The molecule has 0 bridgehead atoms. The summed E-state index contributed by atoms with van der Waals surface area (Å²) in [5, 5.41) is 5.17. The maximum absolute atomic E-state index is 2.32. The van der Waals surface area contributed by atoms with Crippen LogP contribution in [0.25, 0.3) is 43.8 Å². The molecule has 0 nitrogen and oxygen atoms in total. The first kappa shape index (κ1) is 26.0. The Balaban J connectivity index is 1.30. The first-order valence-electron chi connectivity index (χ1n) is 14.9. The summed E-state index contributed by atoms with van der Waals surface area (Å²) in [7, 11) is 0. The van der Waals surface area contributed by atoms with Gasteiger partial charge >= 0.3 is 0 Å². The van der Waals surface area contributed by atoms with Gasteiger partial charge in [-0.25, -0.2) is 0 Å². The quantitative estimate of drug-likeness (QED) is 0.185. The van der Waals surface area contributed by atoms with E-state index in [-0.39, 0.29) is 0 Å². The Bertz CT molecular complexity index is 1990. The lowest BCUT2D eigenvalue weighted by molar-refractivity contribution is 1.08. The van der Waals surface area contributed by atoms with Crippen LogP contribution in [0.3, 0.4) is 0 Å². The van der Waals surface area contributed by atoms with Gasteiger partial charge in [0, 0.05) is 0 Å². The van der Waals surface area contributed by atoms with Crippen molar-refractivity contribution >= 4 is 21.5 Å². The predicted molar refractivity (Wildman–Crippen MR) is 180 cm³/mol. The first-order chi connectivity index (χ1) is 20.7. The maximum Gasteiger partial charge on any atom is -0.00141 e. The van der Waals surface area contributed by atoms with E-state index in [1.165, 1.54) is 77.2 Å². The Labute approximate surface area is 248 Å². The number of aryl methyl sites for hydroxylation is 2. The molecule has 42 heavy (non-hydrogen) atoms. The molecular formula is C42H34. The molecule has 7 aromatic rings. The van der Waals surface area contributed by atoms with Crippen LogP contribution < -0.4 is 0 Å². The monoisotopic (exact) mass is 538 g/mol. The molecule has 0 heteroatoms. The molecule has 0 spiro atoms. The van der Waals surface area contributed by atoms with E-state index in [0.717, 1.165) is 12.8 Å². The van der Waals surface area contributed by atoms with Crippen molar-refractivity contribution in [3.05, 3.63) is 179 Å². The minimum Gasteiger partial charge on any atom is -0.0620 e. The van der Waals surface area contributed by atoms with Crippen molar-refractivity contribution in [2.45, 2.75) is 26.7 Å². The minimum atomic E-state index is 0.900. The van der Waals surface area contributed by atoms with Gasteiger partial charge in [0.05, 0.1) is 0 Å². The molecule has 0 aliphatic carbocycles. The molecule has 7 aromatic carbocycles. The summed E-state index contributed by atoms with van der Waals surface area (Å²) >= 11 is 0. The number of fused-ring (bicyclic) bond motifs is 2. The number of hydrogen-bond donors (Lipinski definition) is 0. The lowest BCUT2D eigenvalue weighted by Gasteiger charge is -2.18. The molecule has 0 heterocycles. The largest absolute Gasteiger partial charge is 0.0620 e. The molecule has 0 radical (unpaired) electrons. The number of hydrogen-bond acceptors (Lipinski definition) is 0. The normalized spacial score (nSPS) is 11.3. The lowest BCUT2D eigenvalue weighted by atomic mass is 9.86. The van der Waals surface area contributed by atoms with E-state index in [1.54, 1.807) is 0 Å². The molecular weight excluding hydrogens is 504 g/mol. The van der Waals surface area contributed by atoms with E-state index in [4.69, 9.17) is 0 Å². The number of rotatable bonds is 6. The van der Waals surface area contributed by atoms with Crippen molar-refractivity contribution in [1.82, 2.24) is 0 Å². The SMILES string of the molecule is Cc1ccccc1Cc1c(Cc2ccc(-c3c4ccccc4cc4ccccc34)cc2)cccc1-c1ccccc1C. The van der Waals surface area contributed by atoms with Crippen molar-refractivity contribution in [3.63, 3.8) is 0 Å². The zero-order chi connectivity index (χ0) is 28.5. The molecule has 0 N–H and O–H groups in total. The van der Waals surface area contributed by atoms with Gasteiger partial charge in [0.25, 0.3) is 0 Å². The van der Waals surface area contributed by atoms with Gasteiger partial charge in [-0.1, -0.05) is 140 Å². The highest BCUT2D eigenvalue weighted by atomic mass is 14.2. The third kappa shape index (κ3) is 4.91. The number of benzene rings is 7. The summed E-state index contributed by atoms with van der Waals surface area (Å²) in [6, 6.07) is 53.5. The second-order valence-corrected chi connectivity index (χ2v) is 11.4. The molecule has 0 aliphatic heterocycles. The summed E-state index contributed by atoms with van der Waals surface area (Å²) in [5.74, 6) is 0. The molecule has 7 rings (SSSR count). The van der Waals surface area contributed by atoms with Crippen molar-refractivity contribution in [3.8, 4) is 22.3 Å². The van der Waals surface area contributed by atoms with E-state index in [1.807, 2.05) is 0 Å². The molecule has 0 saturated heterocycles. The highest BCUT2D eigenvalue weighted by Gasteiger charge is 2.15. The van der Waals surface area contributed by atoms with Gasteiger partial charge in [-0.3, -0.25) is 0 Å². The molecule has 0 saturated carbocycles. The van der Waals surface area contributed by atoms with Crippen molar-refractivity contribution in [1.29, 1.82) is 0 Å². The summed E-state index contributed by atoms with van der Waals surface area (Å²) in [6.45, 7) is 4.44. The Kier molecular flexibility index (Phi) is 6.90. The second kappa shape index (κ2) is 11.1. The Morgan fingerprint density at radius 1 is 0.429 bits per heavy atom. The van der Waals surface area contributed by atoms with Crippen LogP contribution in [0.15, 0.2) is 146 Å². The zero-order valence-corrected chi connectivity index (χ0v) is 24.3. The van der Waals surface area contributed by atoms with E-state index in [0.29, 0.717) is 0 Å². The molecule has 0 fully saturated rings. The fraction of sp³-hybridized carbons (Fsp3) is 0.0952. The van der Waals surface area contributed by atoms with Crippen LogP contribution in [0.2, 0.25) is 0 Å². The van der Waals surface area contributed by atoms with E-state index in [2.05, 4.69) is 159 Å². The summed E-state index contributed by atoms with van der Waals surface area (Å²) < 4.78 is 0. The van der Waals surface area contributed by atoms with Crippen LogP contribution in [0.5, 0.6) is 0 Å². The van der Waals surface area contributed by atoms with Gasteiger partial charge in [-0.2, -0.15) is 0 Å². The van der Waals surface area contributed by atoms with Gasteiger partial charge in [-0.05, 0) is 110 Å². The Morgan fingerprint density at radius 2 is 1.00 bits per heavy atom. The van der Waals surface area contributed by atoms with Gasteiger partial charge in [0.2, 0.25) is 0 Å². The average Bonchev–Trinajstić information content (AvgIpc) is 3.02. The highest BCUT2D eigenvalue weighted by molar-refractivity contribution is 6.12. The van der Waals surface area contributed by atoms with Crippen LogP contribution in [0.4, 0.5) is 0 Å². The first-order valence-corrected chi connectivity index (χ1v) is 14.9. The lowest BCUT2D eigenvalue weighted by Crippen LogP contribution is -2.02. The fourth-order valence-electron chi connectivity index (χ4n) is 6.47. The average molecular weight is 539 g/mol. The summed E-state index contributed by atoms with van der Waals surface area (Å²) in [5.41, 5.74) is 13.4. The second-order valence-electron chi connectivity index (χ2n) is 11.4. The molecule has 202 valence electrons. The molecule has 0 amide bonds. The Morgan fingerprint density at radius 3 is 1.69 bits per heavy atom. The zero-order valence-electron chi connectivity index (χ0n) is 24.3. The molecule has 0 aliphatic rings. The highest BCUT2D eigenvalue weighted by Crippen LogP contribution is 2.37. The van der Waals surface area contributed by atoms with Crippen LogP contribution in [0.1, 0.15) is 33.4 Å². The molecule has 0 atom stereocenters. The van der Waals surface area contributed by atoms with Crippen LogP contribution in [-0.4, -0.2) is 0 Å². The van der Waals surface area contributed by atoms with Gasteiger partial charge in [0.15, 0.2) is 0 Å². The molecule has 0 unspecified atom stereocenters. The Hall–Kier alpha value is -4.94. The van der Waals surface area contributed by atoms with Crippen molar-refractivity contribution in [2.75, 3.05) is 0 Å². The van der Waals surface area contributed by atoms with Gasteiger partial charge < -0.3 is 0 Å². The molecule has 0 aromatic heterocycles. The van der Waals surface area contributed by atoms with Crippen molar-refractivity contribution in [2.24, 2.45) is 0 Å². The van der Waals surface area contributed by atoms with Crippen LogP contribution in [-0.2, 0) is 12.8 Å². The topological polar surface area (TPSA) is 0 Å². The maximum atomic E-state index is 2.32. The van der Waals surface area contributed by atoms with E-state index >= 15 is 0 Å². The summed E-state index contributed by atoms with van der Waals surface area (Å²) in [6.07, 6.45) is 1.82. The smallest absolute Gasteiger partial charge is 0.00141 e. The van der Waals surface area contributed by atoms with Gasteiger partial charge in [-0.15, -0.1) is 0 Å².